The molecule has 0 fully saturated rings. The van der Waals surface area contributed by atoms with Gasteiger partial charge in [0.2, 0.25) is 0 Å². The van der Waals surface area contributed by atoms with E-state index in [9.17, 15) is 0 Å². The second-order valence-electron chi connectivity index (χ2n) is 5.10. The number of pyridine rings is 1. The minimum Gasteiger partial charge on any atom is -0.497 e. The second-order valence-corrected chi connectivity index (χ2v) is 5.10. The summed E-state index contributed by atoms with van der Waals surface area (Å²) in [5.41, 5.74) is 2.50. The molecule has 4 heteroatoms. The zero-order valence-electron chi connectivity index (χ0n) is 13.0. The van der Waals surface area contributed by atoms with Gasteiger partial charge in [-0.1, -0.05) is 12.1 Å². The van der Waals surface area contributed by atoms with Crippen molar-refractivity contribution in [2.75, 3.05) is 26.0 Å². The maximum absolute atomic E-state index is 5.26. The molecule has 0 radical (unpaired) electrons. The van der Waals surface area contributed by atoms with Crippen molar-refractivity contribution in [3.63, 3.8) is 0 Å². The molecular weight excluding hydrogens is 262 g/mol. The molecule has 0 aliphatic carbocycles. The lowest BCUT2D eigenvalue weighted by molar-refractivity contribution is 0.318. The molecule has 0 bridgehead atoms. The van der Waals surface area contributed by atoms with E-state index < -0.39 is 0 Å². The molecule has 2 rings (SSSR count). The van der Waals surface area contributed by atoms with Gasteiger partial charge >= 0.3 is 0 Å². The SMILES string of the molecule is CCNc1cc(CN(C)Cc2cccc(OC)c2)ccn1. The summed E-state index contributed by atoms with van der Waals surface area (Å²) in [6, 6.07) is 12.4. The van der Waals surface area contributed by atoms with Crippen molar-refractivity contribution in [3.8, 4) is 5.75 Å². The van der Waals surface area contributed by atoms with Crippen LogP contribution in [0.5, 0.6) is 5.75 Å². The van der Waals surface area contributed by atoms with Crippen LogP contribution in [-0.4, -0.2) is 30.6 Å². The van der Waals surface area contributed by atoms with Crippen molar-refractivity contribution in [3.05, 3.63) is 53.7 Å². The van der Waals surface area contributed by atoms with Crippen molar-refractivity contribution < 1.29 is 4.74 Å². The Bertz CT molecular complexity index is 571. The molecule has 0 amide bonds. The Kier molecular flexibility index (Phi) is 5.58. The molecule has 0 saturated heterocycles. The first kappa shape index (κ1) is 15.3. The molecule has 112 valence electrons. The maximum atomic E-state index is 5.26. The topological polar surface area (TPSA) is 37.4 Å². The number of anilines is 1. The molecule has 1 aromatic carbocycles. The van der Waals surface area contributed by atoms with E-state index in [1.54, 1.807) is 7.11 Å². The van der Waals surface area contributed by atoms with Crippen LogP contribution >= 0.6 is 0 Å². The van der Waals surface area contributed by atoms with Gasteiger partial charge in [-0.05, 0) is 49.4 Å². The Morgan fingerprint density at radius 2 is 1.90 bits per heavy atom. The molecule has 0 saturated carbocycles. The monoisotopic (exact) mass is 285 g/mol. The molecular formula is C17H23N3O. The van der Waals surface area contributed by atoms with E-state index in [1.807, 2.05) is 18.3 Å². The van der Waals surface area contributed by atoms with Crippen LogP contribution in [0.4, 0.5) is 5.82 Å². The van der Waals surface area contributed by atoms with E-state index in [0.717, 1.165) is 31.2 Å². The number of benzene rings is 1. The van der Waals surface area contributed by atoms with E-state index in [4.69, 9.17) is 4.74 Å². The Morgan fingerprint density at radius 3 is 2.62 bits per heavy atom. The molecule has 0 atom stereocenters. The minimum atomic E-state index is 0.885. The molecule has 0 spiro atoms. The summed E-state index contributed by atoms with van der Waals surface area (Å²) >= 11 is 0. The van der Waals surface area contributed by atoms with E-state index in [0.29, 0.717) is 0 Å². The fraction of sp³-hybridized carbons (Fsp3) is 0.353. The average Bonchev–Trinajstić information content (AvgIpc) is 2.48. The zero-order valence-corrected chi connectivity index (χ0v) is 13.0. The van der Waals surface area contributed by atoms with Crippen LogP contribution in [0.3, 0.4) is 0 Å². The average molecular weight is 285 g/mol. The van der Waals surface area contributed by atoms with Crippen molar-refractivity contribution in [1.29, 1.82) is 0 Å². The molecule has 1 aromatic heterocycles. The highest BCUT2D eigenvalue weighted by atomic mass is 16.5. The summed E-state index contributed by atoms with van der Waals surface area (Å²) in [6.45, 7) is 4.73. The van der Waals surface area contributed by atoms with E-state index >= 15 is 0 Å². The predicted molar refractivity (Wildman–Crippen MR) is 86.6 cm³/mol. The number of ether oxygens (including phenoxy) is 1. The number of hydrogen-bond acceptors (Lipinski definition) is 4. The molecule has 0 aliphatic rings. The summed E-state index contributed by atoms with van der Waals surface area (Å²) in [6.07, 6.45) is 1.85. The number of nitrogens with one attached hydrogen (secondary N) is 1. The lowest BCUT2D eigenvalue weighted by Gasteiger charge is -2.17. The number of rotatable bonds is 7. The van der Waals surface area contributed by atoms with Crippen LogP contribution in [0.25, 0.3) is 0 Å². The number of aromatic nitrogens is 1. The lowest BCUT2D eigenvalue weighted by atomic mass is 10.2. The van der Waals surface area contributed by atoms with Crippen LogP contribution in [0.2, 0.25) is 0 Å². The Morgan fingerprint density at radius 1 is 1.14 bits per heavy atom. The van der Waals surface area contributed by atoms with Gasteiger partial charge in [-0.15, -0.1) is 0 Å². The second kappa shape index (κ2) is 7.64. The molecule has 4 nitrogen and oxygen atoms in total. The van der Waals surface area contributed by atoms with Crippen molar-refractivity contribution in [1.82, 2.24) is 9.88 Å². The van der Waals surface area contributed by atoms with Crippen molar-refractivity contribution in [2.24, 2.45) is 0 Å². The normalized spacial score (nSPS) is 10.7. The van der Waals surface area contributed by atoms with Gasteiger partial charge in [0.15, 0.2) is 0 Å². The lowest BCUT2D eigenvalue weighted by Crippen LogP contribution is -2.17. The Labute approximate surface area is 126 Å². The molecule has 0 unspecified atom stereocenters. The van der Waals surface area contributed by atoms with Gasteiger partial charge in [-0.25, -0.2) is 4.98 Å². The first-order chi connectivity index (χ1) is 10.2. The Hall–Kier alpha value is -2.07. The zero-order chi connectivity index (χ0) is 15.1. The van der Waals surface area contributed by atoms with Crippen molar-refractivity contribution in [2.45, 2.75) is 20.0 Å². The van der Waals surface area contributed by atoms with Gasteiger partial charge < -0.3 is 10.1 Å². The van der Waals surface area contributed by atoms with E-state index in [1.165, 1.54) is 11.1 Å². The summed E-state index contributed by atoms with van der Waals surface area (Å²) < 4.78 is 5.26. The van der Waals surface area contributed by atoms with Crippen LogP contribution < -0.4 is 10.1 Å². The highest BCUT2D eigenvalue weighted by Gasteiger charge is 2.04. The van der Waals surface area contributed by atoms with Crippen LogP contribution in [0.15, 0.2) is 42.6 Å². The number of methoxy groups -OCH3 is 1. The number of nitrogens with zero attached hydrogens (tertiary/aromatic N) is 2. The van der Waals surface area contributed by atoms with Gasteiger partial charge in [0.05, 0.1) is 7.11 Å². The van der Waals surface area contributed by atoms with Gasteiger partial charge in [-0.2, -0.15) is 0 Å². The quantitative estimate of drug-likeness (QED) is 0.848. The first-order valence-electron chi connectivity index (χ1n) is 7.21. The highest BCUT2D eigenvalue weighted by molar-refractivity contribution is 5.37. The van der Waals surface area contributed by atoms with E-state index in [-0.39, 0.29) is 0 Å². The fourth-order valence-electron chi connectivity index (χ4n) is 2.30. The Balaban J connectivity index is 1.97. The summed E-state index contributed by atoms with van der Waals surface area (Å²) in [7, 11) is 3.81. The third kappa shape index (κ3) is 4.76. The first-order valence-corrected chi connectivity index (χ1v) is 7.21. The largest absolute Gasteiger partial charge is 0.497 e. The van der Waals surface area contributed by atoms with Gasteiger partial charge in [0.25, 0.3) is 0 Å². The fourth-order valence-corrected chi connectivity index (χ4v) is 2.30. The van der Waals surface area contributed by atoms with Crippen LogP contribution in [0, 0.1) is 0 Å². The minimum absolute atomic E-state index is 0.885. The molecule has 1 N–H and O–H groups in total. The van der Waals surface area contributed by atoms with Crippen LogP contribution in [-0.2, 0) is 13.1 Å². The van der Waals surface area contributed by atoms with Crippen LogP contribution in [0.1, 0.15) is 18.1 Å². The van der Waals surface area contributed by atoms with Crippen molar-refractivity contribution >= 4 is 5.82 Å². The molecule has 21 heavy (non-hydrogen) atoms. The molecule has 2 aromatic rings. The van der Waals surface area contributed by atoms with Gasteiger partial charge in [-0.3, -0.25) is 4.90 Å². The molecule has 1 heterocycles. The predicted octanol–water partition coefficient (Wildman–Crippen LogP) is 3.15. The maximum Gasteiger partial charge on any atom is 0.126 e. The summed E-state index contributed by atoms with van der Waals surface area (Å²) in [5.74, 6) is 1.84. The number of hydrogen-bond donors (Lipinski definition) is 1. The van der Waals surface area contributed by atoms with Gasteiger partial charge in [0.1, 0.15) is 11.6 Å². The van der Waals surface area contributed by atoms with E-state index in [2.05, 4.69) is 53.4 Å². The molecule has 0 aliphatic heterocycles. The third-order valence-corrected chi connectivity index (χ3v) is 3.22. The summed E-state index contributed by atoms with van der Waals surface area (Å²) in [4.78, 5) is 6.57. The third-order valence-electron chi connectivity index (χ3n) is 3.22. The smallest absolute Gasteiger partial charge is 0.126 e. The van der Waals surface area contributed by atoms with Gasteiger partial charge in [0, 0.05) is 25.8 Å². The highest BCUT2D eigenvalue weighted by Crippen LogP contribution is 2.15. The summed E-state index contributed by atoms with van der Waals surface area (Å²) in [5, 5.41) is 3.24. The standard InChI is InChI=1S/C17H23N3O/c1-4-18-17-11-15(8-9-19-17)13-20(2)12-14-6-5-7-16(10-14)21-3/h5-11H,4,12-13H2,1-3H3,(H,18,19).